The molecule has 1 aliphatic heterocycles. The highest BCUT2D eigenvalue weighted by atomic mass is 16.2. The highest BCUT2D eigenvalue weighted by Crippen LogP contribution is 2.23. The molecule has 1 aliphatic carbocycles. The van der Waals surface area contributed by atoms with Crippen molar-refractivity contribution < 1.29 is 14.4 Å². The molecule has 0 radical (unpaired) electrons. The number of rotatable bonds is 4. The molecule has 0 bridgehead atoms. The van der Waals surface area contributed by atoms with E-state index >= 15 is 0 Å². The Morgan fingerprint density at radius 1 is 1.33 bits per heavy atom. The SMILES string of the molecule is N[C@@H]1CCC[C@@H]1C(=O)NCCN1C(=O)C=CC1=O. The van der Waals surface area contributed by atoms with Crippen molar-refractivity contribution in [1.82, 2.24) is 10.2 Å². The van der Waals surface area contributed by atoms with Crippen LogP contribution in [0, 0.1) is 5.92 Å². The summed E-state index contributed by atoms with van der Waals surface area (Å²) in [5.41, 5.74) is 5.83. The molecular weight excluding hydrogens is 234 g/mol. The molecule has 0 saturated heterocycles. The minimum Gasteiger partial charge on any atom is -0.354 e. The lowest BCUT2D eigenvalue weighted by molar-refractivity contribution is -0.137. The number of nitrogens with zero attached hydrogens (tertiary/aromatic N) is 1. The molecule has 2 rings (SSSR count). The summed E-state index contributed by atoms with van der Waals surface area (Å²) in [5.74, 6) is -0.862. The van der Waals surface area contributed by atoms with E-state index in [4.69, 9.17) is 5.73 Å². The standard InChI is InChI=1S/C12H17N3O3/c13-9-3-1-2-8(9)12(18)14-6-7-15-10(16)4-5-11(15)17/h4-5,8-9H,1-3,6-7,13H2,(H,14,18)/t8-,9+/m0/s1. The summed E-state index contributed by atoms with van der Waals surface area (Å²) in [7, 11) is 0. The molecule has 2 aliphatic rings. The van der Waals surface area contributed by atoms with Crippen molar-refractivity contribution in [1.29, 1.82) is 0 Å². The fraction of sp³-hybridized carbons (Fsp3) is 0.583. The summed E-state index contributed by atoms with van der Waals surface area (Å²) in [6, 6.07) is -0.0679. The first kappa shape index (κ1) is 12.8. The number of carbonyl (C=O) groups excluding carboxylic acids is 3. The molecule has 98 valence electrons. The first-order chi connectivity index (χ1) is 8.59. The third kappa shape index (κ3) is 2.59. The first-order valence-electron chi connectivity index (χ1n) is 6.16. The second-order valence-corrected chi connectivity index (χ2v) is 4.65. The normalized spacial score (nSPS) is 27.1. The van der Waals surface area contributed by atoms with E-state index < -0.39 is 0 Å². The Balaban J connectivity index is 1.74. The van der Waals surface area contributed by atoms with Gasteiger partial charge < -0.3 is 11.1 Å². The van der Waals surface area contributed by atoms with Gasteiger partial charge in [-0.15, -0.1) is 0 Å². The van der Waals surface area contributed by atoms with Crippen LogP contribution in [0.4, 0.5) is 0 Å². The summed E-state index contributed by atoms with van der Waals surface area (Å²) in [5, 5.41) is 2.73. The molecule has 1 heterocycles. The van der Waals surface area contributed by atoms with Crippen LogP contribution in [0.1, 0.15) is 19.3 Å². The highest BCUT2D eigenvalue weighted by molar-refractivity contribution is 6.12. The van der Waals surface area contributed by atoms with Crippen LogP contribution in [0.3, 0.4) is 0 Å². The van der Waals surface area contributed by atoms with Crippen molar-refractivity contribution in [2.45, 2.75) is 25.3 Å². The number of hydrogen-bond acceptors (Lipinski definition) is 4. The number of nitrogens with one attached hydrogen (secondary N) is 1. The summed E-state index contributed by atoms with van der Waals surface area (Å²) in [6.07, 6.45) is 5.14. The molecule has 0 spiro atoms. The highest BCUT2D eigenvalue weighted by Gasteiger charge is 2.30. The zero-order valence-electron chi connectivity index (χ0n) is 10.1. The van der Waals surface area contributed by atoms with E-state index in [-0.39, 0.29) is 42.8 Å². The fourth-order valence-corrected chi connectivity index (χ4v) is 2.39. The molecule has 18 heavy (non-hydrogen) atoms. The Hall–Kier alpha value is -1.69. The van der Waals surface area contributed by atoms with Gasteiger partial charge in [-0.2, -0.15) is 0 Å². The number of amides is 3. The number of carbonyl (C=O) groups is 3. The molecule has 0 unspecified atom stereocenters. The van der Waals surface area contributed by atoms with Crippen LogP contribution >= 0.6 is 0 Å². The molecule has 0 aromatic carbocycles. The second-order valence-electron chi connectivity index (χ2n) is 4.65. The maximum atomic E-state index is 11.8. The molecule has 6 heteroatoms. The van der Waals surface area contributed by atoms with Crippen molar-refractivity contribution in [3.8, 4) is 0 Å². The van der Waals surface area contributed by atoms with E-state index in [1.807, 2.05) is 0 Å². The lowest BCUT2D eigenvalue weighted by atomic mass is 10.0. The van der Waals surface area contributed by atoms with Crippen molar-refractivity contribution >= 4 is 17.7 Å². The maximum Gasteiger partial charge on any atom is 0.253 e. The van der Waals surface area contributed by atoms with Crippen molar-refractivity contribution in [2.24, 2.45) is 11.7 Å². The molecule has 1 fully saturated rings. The lowest BCUT2D eigenvalue weighted by Crippen LogP contribution is -2.43. The Morgan fingerprint density at radius 3 is 2.56 bits per heavy atom. The molecule has 3 N–H and O–H groups in total. The smallest absolute Gasteiger partial charge is 0.253 e. The average Bonchev–Trinajstić information content (AvgIpc) is 2.89. The third-order valence-electron chi connectivity index (χ3n) is 3.44. The molecule has 0 aromatic heterocycles. The van der Waals surface area contributed by atoms with Gasteiger partial charge in [-0.1, -0.05) is 6.42 Å². The summed E-state index contributed by atoms with van der Waals surface area (Å²) >= 11 is 0. The summed E-state index contributed by atoms with van der Waals surface area (Å²) < 4.78 is 0. The van der Waals surface area contributed by atoms with E-state index in [0.717, 1.165) is 24.2 Å². The topological polar surface area (TPSA) is 92.5 Å². The maximum absolute atomic E-state index is 11.8. The van der Waals surface area contributed by atoms with Gasteiger partial charge in [0, 0.05) is 31.3 Å². The van der Waals surface area contributed by atoms with Crippen LogP contribution < -0.4 is 11.1 Å². The zero-order valence-corrected chi connectivity index (χ0v) is 10.1. The van der Waals surface area contributed by atoms with Gasteiger partial charge in [0.2, 0.25) is 5.91 Å². The monoisotopic (exact) mass is 251 g/mol. The van der Waals surface area contributed by atoms with Crippen molar-refractivity contribution in [3.05, 3.63) is 12.2 Å². The van der Waals surface area contributed by atoms with E-state index in [0.29, 0.717) is 0 Å². The number of nitrogens with two attached hydrogens (primary N) is 1. The minimum absolute atomic E-state index is 0.0679. The van der Waals surface area contributed by atoms with E-state index in [9.17, 15) is 14.4 Å². The average molecular weight is 251 g/mol. The number of hydrogen-bond donors (Lipinski definition) is 2. The summed E-state index contributed by atoms with van der Waals surface area (Å²) in [6.45, 7) is 0.486. The fourth-order valence-electron chi connectivity index (χ4n) is 2.39. The van der Waals surface area contributed by atoms with Gasteiger partial charge in [-0.3, -0.25) is 19.3 Å². The zero-order chi connectivity index (χ0) is 13.1. The molecule has 3 amide bonds. The first-order valence-corrected chi connectivity index (χ1v) is 6.16. The van der Waals surface area contributed by atoms with Crippen LogP contribution in [0.15, 0.2) is 12.2 Å². The molecular formula is C12H17N3O3. The van der Waals surface area contributed by atoms with Gasteiger partial charge in [-0.25, -0.2) is 0 Å². The predicted octanol–water partition coefficient (Wildman–Crippen LogP) is -0.845. The molecule has 6 nitrogen and oxygen atoms in total. The second kappa shape index (κ2) is 5.30. The van der Waals surface area contributed by atoms with E-state index in [1.165, 1.54) is 12.2 Å². The quantitative estimate of drug-likeness (QED) is 0.637. The van der Waals surface area contributed by atoms with Gasteiger partial charge in [0.15, 0.2) is 0 Å². The van der Waals surface area contributed by atoms with Gasteiger partial charge in [0.25, 0.3) is 11.8 Å². The largest absolute Gasteiger partial charge is 0.354 e. The molecule has 0 aromatic rings. The number of imide groups is 1. The van der Waals surface area contributed by atoms with Crippen LogP contribution in [0.25, 0.3) is 0 Å². The Kier molecular flexibility index (Phi) is 3.76. The molecule has 2 atom stereocenters. The predicted molar refractivity (Wildman–Crippen MR) is 64.2 cm³/mol. The lowest BCUT2D eigenvalue weighted by Gasteiger charge is -2.17. The summed E-state index contributed by atoms with van der Waals surface area (Å²) in [4.78, 5) is 35.4. The van der Waals surface area contributed by atoms with E-state index in [2.05, 4.69) is 5.32 Å². The van der Waals surface area contributed by atoms with Crippen molar-refractivity contribution in [3.63, 3.8) is 0 Å². The Morgan fingerprint density at radius 2 is 2.00 bits per heavy atom. The van der Waals surface area contributed by atoms with Gasteiger partial charge in [0.05, 0.1) is 5.92 Å². The van der Waals surface area contributed by atoms with Crippen LogP contribution in [-0.2, 0) is 14.4 Å². The minimum atomic E-state index is -0.327. The molecule has 1 saturated carbocycles. The van der Waals surface area contributed by atoms with Crippen LogP contribution in [0.5, 0.6) is 0 Å². The Labute approximate surface area is 105 Å². The van der Waals surface area contributed by atoms with Crippen LogP contribution in [-0.4, -0.2) is 41.8 Å². The Bertz CT molecular complexity index is 387. The van der Waals surface area contributed by atoms with Crippen molar-refractivity contribution in [2.75, 3.05) is 13.1 Å². The van der Waals surface area contributed by atoms with E-state index in [1.54, 1.807) is 0 Å². The van der Waals surface area contributed by atoms with Crippen LogP contribution in [0.2, 0.25) is 0 Å². The third-order valence-corrected chi connectivity index (χ3v) is 3.44. The van der Waals surface area contributed by atoms with Gasteiger partial charge in [-0.05, 0) is 12.8 Å². The van der Waals surface area contributed by atoms with Gasteiger partial charge >= 0.3 is 0 Å². The van der Waals surface area contributed by atoms with Gasteiger partial charge in [0.1, 0.15) is 0 Å².